The van der Waals surface area contributed by atoms with Crippen molar-refractivity contribution >= 4 is 5.97 Å². The van der Waals surface area contributed by atoms with Crippen molar-refractivity contribution in [1.29, 1.82) is 0 Å². The second-order valence-corrected chi connectivity index (χ2v) is 10.3. The molecule has 0 saturated heterocycles. The van der Waals surface area contributed by atoms with E-state index in [0.717, 1.165) is 18.1 Å². The van der Waals surface area contributed by atoms with Crippen molar-refractivity contribution in [3.63, 3.8) is 0 Å². The van der Waals surface area contributed by atoms with Crippen LogP contribution in [0.4, 0.5) is 17.6 Å². The Balaban J connectivity index is 1.38. The van der Waals surface area contributed by atoms with Crippen LogP contribution in [0, 0.1) is 29.2 Å². The standard InChI is InChI=1S/C33H34F4O4/c1-3-5-19-40-27-17-18-28(32(37)31(27)36)41-33(39)23-13-9-21(10-14-23)25-16-15-24(29(34)30(25)35)20-7-11-22(12-8-20)26(38)6-4-2/h3,7-8,11-12,15-18,21,23,26,38H,1,4-6,9-10,13-14,19H2,2H3. The zero-order chi connectivity index (χ0) is 29.5. The first-order chi connectivity index (χ1) is 19.7. The molecule has 0 aromatic heterocycles. The molecule has 4 rings (SSSR count). The predicted molar refractivity (Wildman–Crippen MR) is 149 cm³/mol. The van der Waals surface area contributed by atoms with Gasteiger partial charge >= 0.3 is 5.97 Å². The Morgan fingerprint density at radius 3 is 2.24 bits per heavy atom. The largest absolute Gasteiger partial charge is 0.490 e. The molecule has 3 aromatic rings. The first kappa shape index (κ1) is 30.3. The SMILES string of the molecule is C=CCCOc1ccc(OC(=O)C2CCC(c3ccc(-c4ccc(C(O)CCC)cc4)c(F)c3F)CC2)c(F)c1F. The molecule has 1 aliphatic rings. The summed E-state index contributed by atoms with van der Waals surface area (Å²) in [4.78, 5) is 12.7. The molecule has 0 amide bonds. The third-order valence-electron chi connectivity index (χ3n) is 7.58. The highest BCUT2D eigenvalue weighted by Gasteiger charge is 2.31. The molecule has 1 aliphatic carbocycles. The van der Waals surface area contributed by atoms with Crippen LogP contribution in [-0.4, -0.2) is 17.7 Å². The van der Waals surface area contributed by atoms with Crippen LogP contribution in [0.1, 0.15) is 75.0 Å². The summed E-state index contributed by atoms with van der Waals surface area (Å²) in [5, 5.41) is 10.2. The summed E-state index contributed by atoms with van der Waals surface area (Å²) in [5.41, 5.74) is 1.60. The number of hydrogen-bond donors (Lipinski definition) is 1. The summed E-state index contributed by atoms with van der Waals surface area (Å²) in [6.45, 7) is 5.64. The van der Waals surface area contributed by atoms with Gasteiger partial charge in [-0.25, -0.2) is 8.78 Å². The second-order valence-electron chi connectivity index (χ2n) is 10.3. The fourth-order valence-corrected chi connectivity index (χ4v) is 5.22. The Morgan fingerprint density at radius 2 is 1.59 bits per heavy atom. The Labute approximate surface area is 237 Å². The third kappa shape index (κ3) is 6.99. The molecule has 4 nitrogen and oxygen atoms in total. The van der Waals surface area contributed by atoms with Crippen LogP contribution in [0.15, 0.2) is 61.2 Å². The number of rotatable bonds is 11. The Bertz CT molecular complexity index is 1360. The average Bonchev–Trinajstić information content (AvgIpc) is 2.98. The van der Waals surface area contributed by atoms with Gasteiger partial charge in [-0.15, -0.1) is 6.58 Å². The van der Waals surface area contributed by atoms with E-state index in [1.165, 1.54) is 6.07 Å². The van der Waals surface area contributed by atoms with Crippen LogP contribution in [0.25, 0.3) is 11.1 Å². The van der Waals surface area contributed by atoms with Gasteiger partial charge in [0.15, 0.2) is 23.1 Å². The fraction of sp³-hybridized carbons (Fsp3) is 0.364. The van der Waals surface area contributed by atoms with Crippen molar-refractivity contribution in [2.24, 2.45) is 5.92 Å². The van der Waals surface area contributed by atoms with Gasteiger partial charge in [0.2, 0.25) is 11.6 Å². The molecular formula is C33H34F4O4. The Morgan fingerprint density at radius 1 is 0.927 bits per heavy atom. The molecular weight excluding hydrogens is 536 g/mol. The number of hydrogen-bond acceptors (Lipinski definition) is 4. The van der Waals surface area contributed by atoms with Crippen LogP contribution in [-0.2, 0) is 4.79 Å². The lowest BCUT2D eigenvalue weighted by atomic mass is 9.78. The minimum absolute atomic E-state index is 0.131. The van der Waals surface area contributed by atoms with Crippen molar-refractivity contribution in [1.82, 2.24) is 0 Å². The Hall–Kier alpha value is -3.65. The van der Waals surface area contributed by atoms with E-state index < -0.39 is 47.0 Å². The van der Waals surface area contributed by atoms with Gasteiger partial charge in [0.25, 0.3) is 0 Å². The van der Waals surface area contributed by atoms with Gasteiger partial charge in [-0.2, -0.15) is 8.78 Å². The summed E-state index contributed by atoms with van der Waals surface area (Å²) in [6, 6.07) is 12.2. The maximum absolute atomic E-state index is 15.2. The smallest absolute Gasteiger partial charge is 0.314 e. The molecule has 8 heteroatoms. The maximum Gasteiger partial charge on any atom is 0.314 e. The molecule has 1 fully saturated rings. The third-order valence-corrected chi connectivity index (χ3v) is 7.58. The lowest BCUT2D eigenvalue weighted by molar-refractivity contribution is -0.140. The van der Waals surface area contributed by atoms with Crippen LogP contribution < -0.4 is 9.47 Å². The first-order valence-corrected chi connectivity index (χ1v) is 13.9. The van der Waals surface area contributed by atoms with Crippen molar-refractivity contribution < 1.29 is 36.9 Å². The number of aliphatic hydroxyl groups is 1. The van der Waals surface area contributed by atoms with Crippen LogP contribution >= 0.6 is 0 Å². The Kier molecular flexibility index (Phi) is 10.2. The van der Waals surface area contributed by atoms with Crippen LogP contribution in [0.5, 0.6) is 11.5 Å². The summed E-state index contributed by atoms with van der Waals surface area (Å²) in [5.74, 6) is -6.80. The van der Waals surface area contributed by atoms with E-state index in [9.17, 15) is 18.7 Å². The summed E-state index contributed by atoms with van der Waals surface area (Å²) < 4.78 is 69.4. The molecule has 3 aromatic carbocycles. The van der Waals surface area contributed by atoms with E-state index in [1.54, 1.807) is 42.5 Å². The van der Waals surface area contributed by atoms with E-state index in [0.29, 0.717) is 44.1 Å². The topological polar surface area (TPSA) is 55.8 Å². The molecule has 1 atom stereocenters. The van der Waals surface area contributed by atoms with E-state index >= 15 is 8.78 Å². The highest BCUT2D eigenvalue weighted by atomic mass is 19.2. The molecule has 1 N–H and O–H groups in total. The molecule has 0 radical (unpaired) electrons. The van der Waals surface area contributed by atoms with Gasteiger partial charge in [0, 0.05) is 5.56 Å². The van der Waals surface area contributed by atoms with Crippen LogP contribution in [0.3, 0.4) is 0 Å². The number of halogens is 4. The van der Waals surface area contributed by atoms with E-state index in [4.69, 9.17) is 9.47 Å². The van der Waals surface area contributed by atoms with Crippen LogP contribution in [0.2, 0.25) is 0 Å². The lowest BCUT2D eigenvalue weighted by Crippen LogP contribution is -2.26. The number of carbonyl (C=O) groups is 1. The second kappa shape index (κ2) is 13.8. The number of carbonyl (C=O) groups excluding carboxylic acids is 1. The molecule has 0 spiro atoms. The van der Waals surface area contributed by atoms with Crippen molar-refractivity contribution in [3.8, 4) is 22.6 Å². The van der Waals surface area contributed by atoms with Gasteiger partial charge in [-0.3, -0.25) is 4.79 Å². The van der Waals surface area contributed by atoms with Gasteiger partial charge in [-0.05, 0) is 73.3 Å². The number of aliphatic hydroxyl groups excluding tert-OH is 1. The quantitative estimate of drug-likeness (QED) is 0.0825. The number of benzene rings is 3. The molecule has 218 valence electrons. The zero-order valence-corrected chi connectivity index (χ0v) is 23.0. The number of ether oxygens (including phenoxy) is 2. The van der Waals surface area contributed by atoms with Gasteiger partial charge in [-0.1, -0.05) is 55.8 Å². The van der Waals surface area contributed by atoms with Gasteiger partial charge < -0.3 is 14.6 Å². The molecule has 0 aliphatic heterocycles. The molecule has 41 heavy (non-hydrogen) atoms. The molecule has 1 saturated carbocycles. The summed E-state index contributed by atoms with van der Waals surface area (Å²) >= 11 is 0. The monoisotopic (exact) mass is 570 g/mol. The maximum atomic E-state index is 15.2. The first-order valence-electron chi connectivity index (χ1n) is 13.9. The number of esters is 1. The van der Waals surface area contributed by atoms with Gasteiger partial charge in [0.05, 0.1) is 18.6 Å². The summed E-state index contributed by atoms with van der Waals surface area (Å²) in [6.07, 6.45) is 4.37. The minimum Gasteiger partial charge on any atom is -0.490 e. The fourth-order valence-electron chi connectivity index (χ4n) is 5.22. The predicted octanol–water partition coefficient (Wildman–Crippen LogP) is 8.58. The van der Waals surface area contributed by atoms with Crippen molar-refractivity contribution in [3.05, 3.63) is 95.6 Å². The minimum atomic E-state index is -1.31. The normalized spacial score (nSPS) is 17.6. The molecule has 0 heterocycles. The average molecular weight is 571 g/mol. The van der Waals surface area contributed by atoms with Gasteiger partial charge in [0.1, 0.15) is 0 Å². The molecule has 0 bridgehead atoms. The van der Waals surface area contributed by atoms with Crippen molar-refractivity contribution in [2.75, 3.05) is 6.61 Å². The van der Waals surface area contributed by atoms with E-state index in [-0.39, 0.29) is 29.4 Å². The zero-order valence-electron chi connectivity index (χ0n) is 23.0. The van der Waals surface area contributed by atoms with Crippen molar-refractivity contribution in [2.45, 2.75) is 63.9 Å². The highest BCUT2D eigenvalue weighted by molar-refractivity contribution is 5.75. The summed E-state index contributed by atoms with van der Waals surface area (Å²) in [7, 11) is 0. The molecule has 1 unspecified atom stereocenters. The highest BCUT2D eigenvalue weighted by Crippen LogP contribution is 2.40. The van der Waals surface area contributed by atoms with E-state index in [2.05, 4.69) is 6.58 Å². The van der Waals surface area contributed by atoms with E-state index in [1.807, 2.05) is 6.92 Å². The lowest BCUT2D eigenvalue weighted by Gasteiger charge is -2.28.